The number of hydrogen-bond donors (Lipinski definition) is 0. The Morgan fingerprint density at radius 1 is 0.826 bits per heavy atom. The minimum Gasteiger partial charge on any atom is -0.489 e. The van der Waals surface area contributed by atoms with Crippen molar-refractivity contribution in [3.8, 4) is 22.7 Å². The average molecular weight is 626 g/mol. The average Bonchev–Trinajstić information content (AvgIpc) is 3.69. The maximum absolute atomic E-state index is 13.2. The van der Waals surface area contributed by atoms with Crippen molar-refractivity contribution in [2.24, 2.45) is 4.99 Å². The summed E-state index contributed by atoms with van der Waals surface area (Å²) in [7, 11) is 0. The molecule has 230 valence electrons. The number of thioether (sulfide) groups is 1. The Bertz CT molecular complexity index is 1880. The molecule has 2 aliphatic heterocycles. The van der Waals surface area contributed by atoms with Crippen LogP contribution in [0.1, 0.15) is 22.3 Å². The van der Waals surface area contributed by atoms with Gasteiger partial charge < -0.3 is 9.64 Å². The van der Waals surface area contributed by atoms with Crippen LogP contribution in [0.25, 0.3) is 23.0 Å². The SMILES string of the molecule is Cc1ccc(COc2cccc(-c3nn(-c4ccccc4)cc3/C=C3\SC(N4CCN(Cc5ccccc5)CC4)=NC3=O)c2)cc1. The Morgan fingerprint density at radius 3 is 2.33 bits per heavy atom. The zero-order valence-corrected chi connectivity index (χ0v) is 26.6. The lowest BCUT2D eigenvalue weighted by Crippen LogP contribution is -2.47. The number of amides is 1. The molecular weight excluding hydrogens is 591 g/mol. The first-order valence-electron chi connectivity index (χ1n) is 15.5. The first kappa shape index (κ1) is 29.8. The first-order chi connectivity index (χ1) is 22.6. The summed E-state index contributed by atoms with van der Waals surface area (Å²) in [5.41, 5.74) is 7.12. The van der Waals surface area contributed by atoms with Gasteiger partial charge in [0.05, 0.1) is 10.6 Å². The van der Waals surface area contributed by atoms with Crippen LogP contribution in [0, 0.1) is 6.92 Å². The standard InChI is InChI=1S/C38H35N5O2S/c1-28-15-17-30(18-16-28)27-45-34-14-8-11-31(23-34)36-32(26-43(40-36)33-12-6-3-7-13-33)24-35-37(44)39-38(46-35)42-21-19-41(20-22-42)25-29-9-4-2-5-10-29/h2-18,23-24,26H,19-22,25,27H2,1H3/b35-24-. The highest BCUT2D eigenvalue weighted by Gasteiger charge is 2.29. The van der Waals surface area contributed by atoms with E-state index in [0.29, 0.717) is 11.5 Å². The summed E-state index contributed by atoms with van der Waals surface area (Å²) in [6.07, 6.45) is 3.91. The lowest BCUT2D eigenvalue weighted by molar-refractivity contribution is -0.113. The Morgan fingerprint density at radius 2 is 1.57 bits per heavy atom. The number of aliphatic imine (C=N–C) groups is 1. The van der Waals surface area contributed by atoms with E-state index < -0.39 is 0 Å². The normalized spacial score (nSPS) is 16.2. The fourth-order valence-electron chi connectivity index (χ4n) is 5.63. The van der Waals surface area contributed by atoms with Crippen LogP contribution in [-0.2, 0) is 17.9 Å². The zero-order chi connectivity index (χ0) is 31.3. The zero-order valence-electron chi connectivity index (χ0n) is 25.8. The molecule has 8 heteroatoms. The van der Waals surface area contributed by atoms with Crippen molar-refractivity contribution in [1.82, 2.24) is 19.6 Å². The van der Waals surface area contributed by atoms with Crippen molar-refractivity contribution in [3.63, 3.8) is 0 Å². The van der Waals surface area contributed by atoms with E-state index in [0.717, 1.165) is 71.7 Å². The summed E-state index contributed by atoms with van der Waals surface area (Å²) < 4.78 is 8.02. The number of benzene rings is 4. The smallest absolute Gasteiger partial charge is 0.286 e. The van der Waals surface area contributed by atoms with Crippen LogP contribution in [-0.4, -0.2) is 56.8 Å². The number of piperazine rings is 1. The lowest BCUT2D eigenvalue weighted by Gasteiger charge is -2.35. The van der Waals surface area contributed by atoms with E-state index in [9.17, 15) is 4.79 Å². The third-order valence-corrected chi connectivity index (χ3v) is 9.23. The van der Waals surface area contributed by atoms with Crippen molar-refractivity contribution in [1.29, 1.82) is 0 Å². The van der Waals surface area contributed by atoms with Crippen LogP contribution in [0.15, 0.2) is 125 Å². The molecule has 0 radical (unpaired) electrons. The van der Waals surface area contributed by atoms with Gasteiger partial charge in [-0.15, -0.1) is 0 Å². The van der Waals surface area contributed by atoms with E-state index in [4.69, 9.17) is 9.84 Å². The summed E-state index contributed by atoms with van der Waals surface area (Å²) >= 11 is 1.45. The summed E-state index contributed by atoms with van der Waals surface area (Å²) in [5, 5.41) is 5.76. The predicted molar refractivity (Wildman–Crippen MR) is 186 cm³/mol. The van der Waals surface area contributed by atoms with E-state index >= 15 is 0 Å². The van der Waals surface area contributed by atoms with Gasteiger partial charge in [0.15, 0.2) is 5.17 Å². The highest BCUT2D eigenvalue weighted by molar-refractivity contribution is 8.18. The van der Waals surface area contributed by atoms with Gasteiger partial charge >= 0.3 is 0 Å². The molecule has 0 atom stereocenters. The van der Waals surface area contributed by atoms with Crippen molar-refractivity contribution in [3.05, 3.63) is 143 Å². The summed E-state index contributed by atoms with van der Waals surface area (Å²) in [4.78, 5) is 22.9. The van der Waals surface area contributed by atoms with Gasteiger partial charge in [-0.3, -0.25) is 9.69 Å². The summed E-state index contributed by atoms with van der Waals surface area (Å²) in [6.45, 7) is 7.03. The fraction of sp³-hybridized carbons (Fsp3) is 0.184. The van der Waals surface area contributed by atoms with Gasteiger partial charge in [0, 0.05) is 50.0 Å². The molecule has 46 heavy (non-hydrogen) atoms. The Kier molecular flexibility index (Phi) is 8.80. The number of ether oxygens (including phenoxy) is 1. The first-order valence-corrected chi connectivity index (χ1v) is 16.4. The van der Waals surface area contributed by atoms with Crippen molar-refractivity contribution in [2.75, 3.05) is 26.2 Å². The van der Waals surface area contributed by atoms with E-state index in [1.165, 1.54) is 22.9 Å². The van der Waals surface area contributed by atoms with Gasteiger partial charge in [0.1, 0.15) is 18.1 Å². The van der Waals surface area contributed by atoms with Crippen LogP contribution >= 0.6 is 11.8 Å². The molecule has 5 aromatic rings. The highest BCUT2D eigenvalue weighted by Crippen LogP contribution is 2.34. The monoisotopic (exact) mass is 625 g/mol. The second kappa shape index (κ2) is 13.6. The lowest BCUT2D eigenvalue weighted by atomic mass is 10.1. The number of hydrogen-bond acceptors (Lipinski definition) is 6. The Labute approximate surface area is 273 Å². The number of nitrogens with zero attached hydrogens (tertiary/aromatic N) is 5. The number of para-hydroxylation sites is 1. The molecule has 0 unspecified atom stereocenters. The van der Waals surface area contributed by atoms with E-state index in [-0.39, 0.29) is 5.91 Å². The second-order valence-corrected chi connectivity index (χ2v) is 12.6. The number of amidine groups is 1. The van der Waals surface area contributed by atoms with Crippen LogP contribution in [0.3, 0.4) is 0 Å². The van der Waals surface area contributed by atoms with E-state index in [1.807, 2.05) is 77.6 Å². The van der Waals surface area contributed by atoms with E-state index in [1.54, 1.807) is 0 Å². The van der Waals surface area contributed by atoms with Crippen molar-refractivity contribution < 1.29 is 9.53 Å². The summed E-state index contributed by atoms with van der Waals surface area (Å²) in [6, 6.07) is 36.9. The Balaban J connectivity index is 1.10. The van der Waals surface area contributed by atoms with Gasteiger partial charge in [-0.05, 0) is 60.2 Å². The molecule has 1 amide bonds. The van der Waals surface area contributed by atoms with Gasteiger partial charge in [0.2, 0.25) is 0 Å². The van der Waals surface area contributed by atoms with Crippen molar-refractivity contribution in [2.45, 2.75) is 20.1 Å². The van der Waals surface area contributed by atoms with Crippen LogP contribution in [0.4, 0.5) is 0 Å². The predicted octanol–water partition coefficient (Wildman–Crippen LogP) is 7.21. The maximum atomic E-state index is 13.2. The molecule has 2 aliphatic rings. The fourth-order valence-corrected chi connectivity index (χ4v) is 6.58. The molecule has 0 spiro atoms. The van der Waals surface area contributed by atoms with Gasteiger partial charge in [0.25, 0.3) is 5.91 Å². The number of aromatic nitrogens is 2. The Hall–Kier alpha value is -4.92. The van der Waals surface area contributed by atoms with Gasteiger partial charge in [-0.25, -0.2) is 4.68 Å². The molecule has 7 rings (SSSR count). The molecule has 0 bridgehead atoms. The molecule has 0 aliphatic carbocycles. The van der Waals surface area contributed by atoms with Crippen molar-refractivity contribution >= 4 is 28.9 Å². The largest absolute Gasteiger partial charge is 0.489 e. The van der Waals surface area contributed by atoms with Gasteiger partial charge in [-0.2, -0.15) is 10.1 Å². The third kappa shape index (κ3) is 6.98. The molecular formula is C38H35N5O2S. The molecule has 3 heterocycles. The van der Waals surface area contributed by atoms with Crippen LogP contribution < -0.4 is 4.74 Å². The third-order valence-electron chi connectivity index (χ3n) is 8.18. The molecule has 1 saturated heterocycles. The number of aryl methyl sites for hydroxylation is 1. The van der Waals surface area contributed by atoms with Gasteiger partial charge in [-0.1, -0.05) is 90.5 Å². The van der Waals surface area contributed by atoms with Crippen LogP contribution in [0.2, 0.25) is 0 Å². The molecule has 1 fully saturated rings. The maximum Gasteiger partial charge on any atom is 0.286 e. The highest BCUT2D eigenvalue weighted by atomic mass is 32.2. The minimum atomic E-state index is -0.208. The number of carbonyl (C=O) groups excluding carboxylic acids is 1. The van der Waals surface area contributed by atoms with Crippen LogP contribution in [0.5, 0.6) is 5.75 Å². The molecule has 1 aromatic heterocycles. The summed E-state index contributed by atoms with van der Waals surface area (Å²) in [5.74, 6) is 0.551. The quantitative estimate of drug-likeness (QED) is 0.170. The minimum absolute atomic E-state index is 0.208. The molecule has 4 aromatic carbocycles. The molecule has 7 nitrogen and oxygen atoms in total. The number of carbonyl (C=O) groups is 1. The number of rotatable bonds is 8. The van der Waals surface area contributed by atoms with E-state index in [2.05, 4.69) is 70.2 Å². The molecule has 0 saturated carbocycles. The topological polar surface area (TPSA) is 63.0 Å². The molecule has 0 N–H and O–H groups in total. The second-order valence-electron chi connectivity index (χ2n) is 11.6.